The van der Waals surface area contributed by atoms with E-state index in [9.17, 15) is 18.0 Å². The van der Waals surface area contributed by atoms with Gasteiger partial charge in [0.05, 0.1) is 17.5 Å². The Kier molecular flexibility index (Phi) is 7.74. The maximum atomic E-state index is 14.6. The first kappa shape index (κ1) is 30.9. The van der Waals surface area contributed by atoms with Gasteiger partial charge in [0, 0.05) is 79.6 Å². The molecule has 2 aliphatic rings. The number of anilines is 1. The number of imidazole rings is 1. The van der Waals surface area contributed by atoms with Crippen molar-refractivity contribution in [1.82, 2.24) is 29.2 Å². The molecule has 0 N–H and O–H groups in total. The van der Waals surface area contributed by atoms with Crippen molar-refractivity contribution < 1.29 is 18.0 Å². The zero-order chi connectivity index (χ0) is 33.0. The van der Waals surface area contributed by atoms with Crippen LogP contribution in [0.25, 0.3) is 27.6 Å². The summed E-state index contributed by atoms with van der Waals surface area (Å²) in [5.41, 5.74) is 7.03. The fraction of sp³-hybridized carbons (Fsp3) is 0.333. The number of amides is 1. The summed E-state index contributed by atoms with van der Waals surface area (Å²) in [5, 5.41) is 4.68. The van der Waals surface area contributed by atoms with Gasteiger partial charge in [0.15, 0.2) is 5.69 Å². The molecular weight excluding hydrogens is 603 g/mol. The van der Waals surface area contributed by atoms with Gasteiger partial charge >= 0.3 is 6.18 Å². The molecule has 1 amide bonds. The lowest BCUT2D eigenvalue weighted by atomic mass is 9.87. The summed E-state index contributed by atoms with van der Waals surface area (Å²) < 4.78 is 45.6. The molecule has 8 nitrogen and oxygen atoms in total. The minimum Gasteiger partial charge on any atom is -0.333 e. The van der Waals surface area contributed by atoms with Crippen LogP contribution in [0.1, 0.15) is 57.3 Å². The summed E-state index contributed by atoms with van der Waals surface area (Å²) in [6.45, 7) is 6.55. The number of rotatable bonds is 6. The molecule has 0 fully saturated rings. The fourth-order valence-electron chi connectivity index (χ4n) is 6.89. The number of pyridine rings is 1. The normalized spacial score (nSPS) is 15.8. The largest absolute Gasteiger partial charge is 0.435 e. The van der Waals surface area contributed by atoms with E-state index in [0.717, 1.165) is 59.3 Å². The van der Waals surface area contributed by atoms with Crippen LogP contribution in [0.15, 0.2) is 61.3 Å². The molecule has 0 atom stereocenters. The first-order chi connectivity index (χ1) is 22.5. The highest BCUT2D eigenvalue weighted by atomic mass is 19.4. The summed E-state index contributed by atoms with van der Waals surface area (Å²) in [6, 6.07) is 9.89. The summed E-state index contributed by atoms with van der Waals surface area (Å²) in [6.07, 6.45) is 6.20. The van der Waals surface area contributed by atoms with Crippen LogP contribution in [0.2, 0.25) is 0 Å². The third kappa shape index (κ3) is 5.73. The van der Waals surface area contributed by atoms with Gasteiger partial charge in [-0.25, -0.2) is 4.98 Å². The van der Waals surface area contributed by atoms with Gasteiger partial charge in [0.25, 0.3) is 5.91 Å². The molecule has 5 heterocycles. The van der Waals surface area contributed by atoms with E-state index in [0.29, 0.717) is 41.8 Å². The molecule has 2 aromatic carbocycles. The van der Waals surface area contributed by atoms with Gasteiger partial charge in [0.1, 0.15) is 0 Å². The average molecular weight is 640 g/mol. The average Bonchev–Trinajstić information content (AvgIpc) is 3.70. The molecule has 0 unspecified atom stereocenters. The lowest BCUT2D eigenvalue weighted by molar-refractivity contribution is -0.140. The number of hydrogen-bond acceptors (Lipinski definition) is 5. The Morgan fingerprint density at radius 2 is 1.72 bits per heavy atom. The quantitative estimate of drug-likeness (QED) is 0.207. The van der Waals surface area contributed by atoms with Crippen molar-refractivity contribution in [2.75, 3.05) is 31.6 Å². The Bertz CT molecular complexity index is 2040. The van der Waals surface area contributed by atoms with Crippen LogP contribution in [0.5, 0.6) is 0 Å². The van der Waals surface area contributed by atoms with Crippen LogP contribution in [0, 0.1) is 6.92 Å². The van der Waals surface area contributed by atoms with E-state index >= 15 is 0 Å². The lowest BCUT2D eigenvalue weighted by Gasteiger charge is -2.32. The van der Waals surface area contributed by atoms with Crippen LogP contribution < -0.4 is 4.90 Å². The molecule has 3 aromatic heterocycles. The molecule has 5 aromatic rings. The SMILES string of the molecule is CCc1cc(C2=CCN(C)CC2)c2nc(C)cc(N3CCc4c(cc(Cn5ccnc5)cc4-c4cn(C)nc4C(F)(F)F)C3=O)c2c1. The number of aromatic nitrogens is 5. The Labute approximate surface area is 271 Å². The standard InChI is InChI=1S/C36H36F3N7O/c1-5-23-15-27(25-6-10-43(3)11-7-25)33-30(16-23)32(14-22(2)41-33)46-12-8-26-28(31-20-44(4)42-34(31)36(37,38)39)17-24(18-29(26)35(46)47)19-45-13-9-40-21-45/h6,9,13-18,20-21H,5,7-8,10-12,19H2,1-4H3. The molecule has 0 bridgehead atoms. The van der Waals surface area contributed by atoms with Gasteiger partial charge in [0.2, 0.25) is 0 Å². The van der Waals surface area contributed by atoms with Crippen molar-refractivity contribution >= 4 is 28.1 Å². The lowest BCUT2D eigenvalue weighted by Crippen LogP contribution is -2.38. The van der Waals surface area contributed by atoms with Crippen LogP contribution in [-0.2, 0) is 32.6 Å². The predicted octanol–water partition coefficient (Wildman–Crippen LogP) is 6.69. The number of fused-ring (bicyclic) bond motifs is 2. The zero-order valence-corrected chi connectivity index (χ0v) is 26.9. The fourth-order valence-corrected chi connectivity index (χ4v) is 6.89. The first-order valence-electron chi connectivity index (χ1n) is 15.9. The molecule has 2 aliphatic heterocycles. The van der Waals surface area contributed by atoms with Crippen molar-refractivity contribution in [3.8, 4) is 11.1 Å². The molecule has 0 radical (unpaired) electrons. The van der Waals surface area contributed by atoms with E-state index in [1.54, 1.807) is 29.7 Å². The maximum Gasteiger partial charge on any atom is 0.435 e. The Hall–Kier alpha value is -4.77. The zero-order valence-electron chi connectivity index (χ0n) is 26.9. The highest BCUT2D eigenvalue weighted by molar-refractivity contribution is 6.14. The number of hydrogen-bond donors (Lipinski definition) is 0. The van der Waals surface area contributed by atoms with Gasteiger partial charge in [-0.1, -0.05) is 13.0 Å². The van der Waals surface area contributed by atoms with Crippen molar-refractivity contribution in [3.63, 3.8) is 0 Å². The Balaban J connectivity index is 1.39. The highest BCUT2D eigenvalue weighted by Gasteiger charge is 2.39. The van der Waals surface area contributed by atoms with Crippen LogP contribution in [-0.4, -0.2) is 61.8 Å². The second-order valence-electron chi connectivity index (χ2n) is 12.6. The Morgan fingerprint density at radius 3 is 2.43 bits per heavy atom. The number of carbonyl (C=O) groups excluding carboxylic acids is 1. The third-order valence-corrected chi connectivity index (χ3v) is 9.22. The molecule has 0 spiro atoms. The van der Waals surface area contributed by atoms with Crippen molar-refractivity contribution in [2.45, 2.75) is 45.8 Å². The van der Waals surface area contributed by atoms with Crippen molar-refractivity contribution in [2.24, 2.45) is 7.05 Å². The molecule has 0 saturated carbocycles. The maximum absolute atomic E-state index is 14.6. The summed E-state index contributed by atoms with van der Waals surface area (Å²) >= 11 is 0. The minimum absolute atomic E-state index is 0.0289. The summed E-state index contributed by atoms with van der Waals surface area (Å²) in [7, 11) is 3.59. The number of aryl methyl sites for hydroxylation is 3. The minimum atomic E-state index is -4.65. The molecule has 7 rings (SSSR count). The second kappa shape index (κ2) is 11.8. The summed E-state index contributed by atoms with van der Waals surface area (Å²) in [5.74, 6) is -0.244. The van der Waals surface area contributed by atoms with E-state index in [1.165, 1.54) is 23.5 Å². The molecule has 47 heavy (non-hydrogen) atoms. The van der Waals surface area contributed by atoms with Gasteiger partial charge in [-0.05, 0) is 91.4 Å². The van der Waals surface area contributed by atoms with Crippen LogP contribution in [0.3, 0.4) is 0 Å². The molecular formula is C36H36F3N7O. The summed E-state index contributed by atoms with van der Waals surface area (Å²) in [4.78, 5) is 27.8. The number of nitrogens with zero attached hydrogens (tertiary/aromatic N) is 7. The van der Waals surface area contributed by atoms with E-state index in [4.69, 9.17) is 4.98 Å². The third-order valence-electron chi connectivity index (χ3n) is 9.22. The molecule has 242 valence electrons. The number of likely N-dealkylation sites (N-methyl/N-ethyl adjacent to an activating group) is 1. The van der Waals surface area contributed by atoms with Gasteiger partial charge in [-0.15, -0.1) is 0 Å². The van der Waals surface area contributed by atoms with Gasteiger partial charge < -0.3 is 14.4 Å². The van der Waals surface area contributed by atoms with Crippen LogP contribution in [0.4, 0.5) is 18.9 Å². The van der Waals surface area contributed by atoms with Gasteiger partial charge in [-0.3, -0.25) is 14.5 Å². The van der Waals surface area contributed by atoms with E-state index in [-0.39, 0.29) is 11.5 Å². The van der Waals surface area contributed by atoms with E-state index in [1.807, 2.05) is 23.6 Å². The van der Waals surface area contributed by atoms with E-state index in [2.05, 4.69) is 47.2 Å². The smallest absolute Gasteiger partial charge is 0.333 e. The van der Waals surface area contributed by atoms with Gasteiger partial charge in [-0.2, -0.15) is 18.3 Å². The highest BCUT2D eigenvalue weighted by Crippen LogP contribution is 2.42. The number of carbonyl (C=O) groups is 1. The predicted molar refractivity (Wildman–Crippen MR) is 176 cm³/mol. The number of alkyl halides is 3. The van der Waals surface area contributed by atoms with Crippen molar-refractivity contribution in [1.29, 1.82) is 0 Å². The molecule has 0 aliphatic carbocycles. The number of benzene rings is 2. The topological polar surface area (TPSA) is 72.1 Å². The second-order valence-corrected chi connectivity index (χ2v) is 12.6. The molecule has 11 heteroatoms. The monoisotopic (exact) mass is 639 g/mol. The number of halogens is 3. The Morgan fingerprint density at radius 1 is 0.936 bits per heavy atom. The first-order valence-corrected chi connectivity index (χ1v) is 15.9. The van der Waals surface area contributed by atoms with Crippen molar-refractivity contribution in [3.05, 3.63) is 101 Å². The molecule has 0 saturated heterocycles. The van der Waals surface area contributed by atoms with E-state index < -0.39 is 11.9 Å². The van der Waals surface area contributed by atoms with Crippen LogP contribution >= 0.6 is 0 Å².